The molecule has 0 aliphatic carbocycles. The zero-order valence-corrected chi connectivity index (χ0v) is 14.7. The molecule has 0 atom stereocenters. The van der Waals surface area contributed by atoms with Crippen molar-refractivity contribution < 1.29 is 4.79 Å². The second kappa shape index (κ2) is 7.94. The van der Waals surface area contributed by atoms with Crippen molar-refractivity contribution in [2.24, 2.45) is 0 Å². The summed E-state index contributed by atoms with van der Waals surface area (Å²) < 4.78 is 3.42. The molecule has 0 saturated carbocycles. The first-order valence-corrected chi connectivity index (χ1v) is 8.45. The lowest BCUT2D eigenvalue weighted by Crippen LogP contribution is -2.34. The molecule has 2 heterocycles. The second-order valence-corrected chi connectivity index (χ2v) is 5.95. The van der Waals surface area contributed by atoms with E-state index in [-0.39, 0.29) is 5.91 Å². The van der Waals surface area contributed by atoms with E-state index in [1.807, 2.05) is 43.5 Å². The van der Waals surface area contributed by atoms with Crippen LogP contribution in [0.1, 0.15) is 23.0 Å². The van der Waals surface area contributed by atoms with Crippen LogP contribution in [0.4, 0.5) is 0 Å². The highest BCUT2D eigenvalue weighted by atomic mass is 35.5. The molecular formula is C17H19ClN6O. The number of carbonyl (C=O) groups is 1. The highest BCUT2D eigenvalue weighted by Crippen LogP contribution is 2.16. The Morgan fingerprint density at radius 2 is 2.08 bits per heavy atom. The summed E-state index contributed by atoms with van der Waals surface area (Å²) in [7, 11) is 0. The monoisotopic (exact) mass is 358 g/mol. The number of hydrogen-bond acceptors (Lipinski definition) is 4. The molecule has 1 aromatic carbocycles. The lowest BCUT2D eigenvalue weighted by Gasteiger charge is -2.19. The van der Waals surface area contributed by atoms with Crippen LogP contribution in [0, 0.1) is 0 Å². The van der Waals surface area contributed by atoms with Crippen LogP contribution >= 0.6 is 11.6 Å². The molecule has 0 N–H and O–H groups in total. The number of halogens is 1. The first-order chi connectivity index (χ1) is 12.2. The molecule has 0 fully saturated rings. The summed E-state index contributed by atoms with van der Waals surface area (Å²) in [6, 6.07) is 9.40. The number of nitrogens with zero attached hydrogens (tertiary/aromatic N) is 6. The van der Waals surface area contributed by atoms with Crippen LogP contribution < -0.4 is 0 Å². The van der Waals surface area contributed by atoms with Crippen molar-refractivity contribution >= 4 is 17.5 Å². The SMILES string of the molecule is CCN(CCn1cccn1)C(=O)c1cn(Cc2ccccc2Cl)nn1. The highest BCUT2D eigenvalue weighted by molar-refractivity contribution is 6.31. The number of carbonyl (C=O) groups excluding carboxylic acids is 1. The topological polar surface area (TPSA) is 68.8 Å². The molecule has 2 aromatic heterocycles. The van der Waals surface area contributed by atoms with E-state index < -0.39 is 0 Å². The minimum Gasteiger partial charge on any atom is -0.336 e. The van der Waals surface area contributed by atoms with Gasteiger partial charge in [0, 0.05) is 30.5 Å². The van der Waals surface area contributed by atoms with E-state index in [1.54, 1.807) is 26.7 Å². The molecule has 130 valence electrons. The van der Waals surface area contributed by atoms with Gasteiger partial charge in [-0.2, -0.15) is 5.10 Å². The molecule has 3 aromatic rings. The molecule has 7 nitrogen and oxygen atoms in total. The quantitative estimate of drug-likeness (QED) is 0.650. The summed E-state index contributed by atoms with van der Waals surface area (Å²) in [6.07, 6.45) is 5.25. The number of benzene rings is 1. The lowest BCUT2D eigenvalue weighted by atomic mass is 10.2. The Hall–Kier alpha value is -2.67. The summed E-state index contributed by atoms with van der Waals surface area (Å²) >= 11 is 6.16. The fourth-order valence-corrected chi connectivity index (χ4v) is 2.69. The molecule has 25 heavy (non-hydrogen) atoms. The van der Waals surface area contributed by atoms with E-state index in [0.29, 0.717) is 36.9 Å². The van der Waals surface area contributed by atoms with Gasteiger partial charge in [0.05, 0.1) is 19.3 Å². The lowest BCUT2D eigenvalue weighted by molar-refractivity contribution is 0.0751. The number of amides is 1. The average molecular weight is 359 g/mol. The van der Waals surface area contributed by atoms with E-state index >= 15 is 0 Å². The molecule has 0 radical (unpaired) electrons. The van der Waals surface area contributed by atoms with E-state index in [2.05, 4.69) is 15.4 Å². The van der Waals surface area contributed by atoms with Crippen LogP contribution in [0.25, 0.3) is 0 Å². The average Bonchev–Trinajstić information content (AvgIpc) is 3.29. The van der Waals surface area contributed by atoms with Gasteiger partial charge in [-0.15, -0.1) is 5.10 Å². The Balaban J connectivity index is 1.65. The van der Waals surface area contributed by atoms with Crippen LogP contribution in [0.15, 0.2) is 48.9 Å². The van der Waals surface area contributed by atoms with Crippen molar-refractivity contribution in [1.29, 1.82) is 0 Å². The third-order valence-corrected chi connectivity index (χ3v) is 4.24. The summed E-state index contributed by atoms with van der Waals surface area (Å²) in [5, 5.41) is 12.9. The van der Waals surface area contributed by atoms with Gasteiger partial charge in [0.2, 0.25) is 0 Å². The number of hydrogen-bond donors (Lipinski definition) is 0. The van der Waals surface area contributed by atoms with Gasteiger partial charge in [0.15, 0.2) is 5.69 Å². The predicted octanol–water partition coefficient (Wildman–Crippen LogP) is 2.34. The van der Waals surface area contributed by atoms with Gasteiger partial charge >= 0.3 is 0 Å². The van der Waals surface area contributed by atoms with Gasteiger partial charge in [-0.1, -0.05) is 35.0 Å². The van der Waals surface area contributed by atoms with Crippen LogP contribution in [0.3, 0.4) is 0 Å². The third-order valence-electron chi connectivity index (χ3n) is 3.88. The van der Waals surface area contributed by atoms with Crippen molar-refractivity contribution in [2.45, 2.75) is 20.0 Å². The summed E-state index contributed by atoms with van der Waals surface area (Å²) in [4.78, 5) is 14.4. The highest BCUT2D eigenvalue weighted by Gasteiger charge is 2.18. The molecule has 8 heteroatoms. The first kappa shape index (κ1) is 17.2. The maximum Gasteiger partial charge on any atom is 0.276 e. The normalized spacial score (nSPS) is 10.8. The van der Waals surface area contributed by atoms with E-state index in [1.165, 1.54) is 0 Å². The first-order valence-electron chi connectivity index (χ1n) is 8.07. The van der Waals surface area contributed by atoms with Crippen molar-refractivity contribution in [3.8, 4) is 0 Å². The molecule has 0 spiro atoms. The summed E-state index contributed by atoms with van der Waals surface area (Å²) in [6.45, 7) is 4.21. The van der Waals surface area contributed by atoms with Crippen molar-refractivity contribution in [3.05, 3.63) is 65.2 Å². The van der Waals surface area contributed by atoms with Gasteiger partial charge in [-0.05, 0) is 24.6 Å². The van der Waals surface area contributed by atoms with Gasteiger partial charge in [0.25, 0.3) is 5.91 Å². The third kappa shape index (κ3) is 4.24. The minimum absolute atomic E-state index is 0.139. The van der Waals surface area contributed by atoms with Crippen molar-refractivity contribution in [1.82, 2.24) is 29.7 Å². The molecule has 0 aliphatic heterocycles. The Kier molecular flexibility index (Phi) is 5.45. The standard InChI is InChI=1S/C17H19ClN6O/c1-2-22(10-11-23-9-5-8-19-23)17(25)16-13-24(21-20-16)12-14-6-3-4-7-15(14)18/h3-9,13H,2,10-12H2,1H3. The van der Waals surface area contributed by atoms with Crippen molar-refractivity contribution in [2.75, 3.05) is 13.1 Å². The van der Waals surface area contributed by atoms with Crippen LogP contribution in [0.5, 0.6) is 0 Å². The summed E-state index contributed by atoms with van der Waals surface area (Å²) in [5.41, 5.74) is 1.26. The van der Waals surface area contributed by atoms with Crippen molar-refractivity contribution in [3.63, 3.8) is 0 Å². The Morgan fingerprint density at radius 1 is 1.24 bits per heavy atom. The zero-order valence-electron chi connectivity index (χ0n) is 13.9. The maximum atomic E-state index is 12.6. The maximum absolute atomic E-state index is 12.6. The predicted molar refractivity (Wildman–Crippen MR) is 94.4 cm³/mol. The Bertz CT molecular complexity index is 829. The molecule has 0 saturated heterocycles. The number of aromatic nitrogens is 5. The Labute approximate surface area is 150 Å². The van der Waals surface area contributed by atoms with Crippen LogP contribution in [-0.2, 0) is 13.1 Å². The molecule has 1 amide bonds. The van der Waals surface area contributed by atoms with E-state index in [0.717, 1.165) is 5.56 Å². The molecular weight excluding hydrogens is 340 g/mol. The number of likely N-dealkylation sites (N-methyl/N-ethyl adjacent to an activating group) is 1. The fraction of sp³-hybridized carbons (Fsp3) is 0.294. The Morgan fingerprint density at radius 3 is 2.80 bits per heavy atom. The molecule has 0 bridgehead atoms. The van der Waals surface area contributed by atoms with Gasteiger partial charge in [-0.3, -0.25) is 9.48 Å². The van der Waals surface area contributed by atoms with Crippen LogP contribution in [-0.4, -0.2) is 48.7 Å². The van der Waals surface area contributed by atoms with Gasteiger partial charge in [0.1, 0.15) is 0 Å². The van der Waals surface area contributed by atoms with E-state index in [4.69, 9.17) is 11.6 Å². The summed E-state index contributed by atoms with van der Waals surface area (Å²) in [5.74, 6) is -0.139. The van der Waals surface area contributed by atoms with Gasteiger partial charge < -0.3 is 4.90 Å². The largest absolute Gasteiger partial charge is 0.336 e. The second-order valence-electron chi connectivity index (χ2n) is 5.55. The minimum atomic E-state index is -0.139. The fourth-order valence-electron chi connectivity index (χ4n) is 2.50. The number of rotatable bonds is 7. The molecule has 0 unspecified atom stereocenters. The van der Waals surface area contributed by atoms with Gasteiger partial charge in [-0.25, -0.2) is 4.68 Å². The smallest absolute Gasteiger partial charge is 0.276 e. The van der Waals surface area contributed by atoms with E-state index in [9.17, 15) is 4.79 Å². The zero-order chi connectivity index (χ0) is 17.6. The van der Waals surface area contributed by atoms with Crippen LogP contribution in [0.2, 0.25) is 5.02 Å². The molecule has 3 rings (SSSR count). The molecule has 0 aliphatic rings.